The molecule has 0 amide bonds. The summed E-state index contributed by atoms with van der Waals surface area (Å²) in [6, 6.07) is 10.3. The molecule has 0 heterocycles. The Labute approximate surface area is 159 Å². The molecule has 2 heteroatoms. The largest absolute Gasteiger partial charge is 0.300 e. The lowest BCUT2D eigenvalue weighted by molar-refractivity contribution is -0.125. The summed E-state index contributed by atoms with van der Waals surface area (Å²) in [5.74, 6) is 2.03. The van der Waals surface area contributed by atoms with Crippen molar-refractivity contribution >= 4 is 11.6 Å². The van der Waals surface area contributed by atoms with Crippen LogP contribution in [0.4, 0.5) is 0 Å². The lowest BCUT2D eigenvalue weighted by Gasteiger charge is -2.34. The highest BCUT2D eigenvalue weighted by molar-refractivity contribution is 5.82. The number of Topliss-reactive ketones (excluding diaryl/α,β-unsaturated/α-hetero) is 2. The van der Waals surface area contributed by atoms with Gasteiger partial charge in [-0.05, 0) is 42.6 Å². The molecule has 1 aliphatic rings. The molecular formula is C24H34O2. The zero-order valence-corrected chi connectivity index (χ0v) is 16.5. The Bertz CT molecular complexity index is 589. The van der Waals surface area contributed by atoms with Crippen LogP contribution in [-0.4, -0.2) is 11.6 Å². The maximum atomic E-state index is 12.9. The van der Waals surface area contributed by atoms with Gasteiger partial charge in [0, 0.05) is 25.2 Å². The van der Waals surface area contributed by atoms with Crippen LogP contribution in [0.5, 0.6) is 0 Å². The van der Waals surface area contributed by atoms with E-state index in [1.807, 2.05) is 31.2 Å². The van der Waals surface area contributed by atoms with E-state index in [1.54, 1.807) is 0 Å². The van der Waals surface area contributed by atoms with Crippen molar-refractivity contribution in [1.29, 1.82) is 0 Å². The van der Waals surface area contributed by atoms with Crippen LogP contribution < -0.4 is 0 Å². The second-order valence-electron chi connectivity index (χ2n) is 7.99. The minimum atomic E-state index is 0.170. The first-order valence-electron chi connectivity index (χ1n) is 10.2. The van der Waals surface area contributed by atoms with Crippen molar-refractivity contribution in [2.75, 3.05) is 0 Å². The highest BCUT2D eigenvalue weighted by Gasteiger charge is 2.32. The molecule has 0 aromatic heterocycles. The molecular weight excluding hydrogens is 320 g/mol. The first-order valence-corrected chi connectivity index (χ1v) is 10.2. The van der Waals surface area contributed by atoms with Gasteiger partial charge in [0.15, 0.2) is 0 Å². The van der Waals surface area contributed by atoms with Crippen LogP contribution in [0.15, 0.2) is 43.0 Å². The molecule has 0 aliphatic heterocycles. The normalized spacial score (nSPS) is 22.4. The predicted octanol–water partition coefficient (Wildman–Crippen LogP) is 6.12. The Hall–Kier alpha value is -1.70. The van der Waals surface area contributed by atoms with Crippen molar-refractivity contribution in [3.05, 3.63) is 48.6 Å². The first-order chi connectivity index (χ1) is 12.5. The zero-order valence-electron chi connectivity index (χ0n) is 16.5. The average molecular weight is 355 g/mol. The molecule has 1 aromatic carbocycles. The summed E-state index contributed by atoms with van der Waals surface area (Å²) in [6.07, 6.45) is 8.93. The van der Waals surface area contributed by atoms with Crippen LogP contribution in [0.3, 0.4) is 0 Å². The van der Waals surface area contributed by atoms with Gasteiger partial charge in [0.25, 0.3) is 0 Å². The molecule has 1 aliphatic carbocycles. The molecule has 1 aromatic rings. The van der Waals surface area contributed by atoms with Crippen molar-refractivity contribution in [1.82, 2.24) is 0 Å². The smallest absolute Gasteiger partial charge is 0.136 e. The molecule has 0 saturated heterocycles. The quantitative estimate of drug-likeness (QED) is 0.474. The first kappa shape index (κ1) is 20.6. The number of ketones is 2. The number of allylic oxidation sites excluding steroid dienone is 1. The Morgan fingerprint density at radius 1 is 1.19 bits per heavy atom. The Morgan fingerprint density at radius 2 is 1.92 bits per heavy atom. The predicted molar refractivity (Wildman–Crippen MR) is 108 cm³/mol. The van der Waals surface area contributed by atoms with Crippen LogP contribution in [0.2, 0.25) is 0 Å². The van der Waals surface area contributed by atoms with Gasteiger partial charge in [-0.1, -0.05) is 63.1 Å². The molecule has 4 atom stereocenters. The molecule has 0 bridgehead atoms. The van der Waals surface area contributed by atoms with Gasteiger partial charge < -0.3 is 0 Å². The average Bonchev–Trinajstić information content (AvgIpc) is 2.68. The number of hydrogen-bond acceptors (Lipinski definition) is 2. The lowest BCUT2D eigenvalue weighted by Crippen LogP contribution is -2.29. The van der Waals surface area contributed by atoms with Crippen molar-refractivity contribution in [3.63, 3.8) is 0 Å². The number of benzene rings is 1. The van der Waals surface area contributed by atoms with E-state index in [0.717, 1.165) is 32.1 Å². The highest BCUT2D eigenvalue weighted by Crippen LogP contribution is 2.38. The third-order valence-corrected chi connectivity index (χ3v) is 6.07. The fourth-order valence-corrected chi connectivity index (χ4v) is 4.41. The number of carbonyl (C=O) groups is 2. The van der Waals surface area contributed by atoms with Crippen LogP contribution in [-0.2, 0) is 9.59 Å². The Balaban J connectivity index is 1.96. The molecule has 26 heavy (non-hydrogen) atoms. The fourth-order valence-electron chi connectivity index (χ4n) is 4.41. The van der Waals surface area contributed by atoms with Crippen LogP contribution in [0.25, 0.3) is 0 Å². The fraction of sp³-hybridized carbons (Fsp3) is 0.583. The molecule has 1 fully saturated rings. The van der Waals surface area contributed by atoms with Gasteiger partial charge in [-0.3, -0.25) is 9.59 Å². The molecule has 0 radical (unpaired) electrons. The SMILES string of the molecule is C=CCC(CC(=O)CC)C1CCCC(C(=O)CC(C)c2ccccc2)C1. The number of carbonyl (C=O) groups excluding carboxylic acids is 2. The summed E-state index contributed by atoms with van der Waals surface area (Å²) in [5.41, 5.74) is 1.24. The molecule has 4 unspecified atom stereocenters. The number of hydrogen-bond donors (Lipinski definition) is 0. The van der Waals surface area contributed by atoms with E-state index in [0.29, 0.717) is 42.7 Å². The van der Waals surface area contributed by atoms with E-state index in [2.05, 4.69) is 25.6 Å². The van der Waals surface area contributed by atoms with Crippen molar-refractivity contribution in [2.45, 2.75) is 71.1 Å². The van der Waals surface area contributed by atoms with Crippen molar-refractivity contribution in [3.8, 4) is 0 Å². The highest BCUT2D eigenvalue weighted by atomic mass is 16.1. The van der Waals surface area contributed by atoms with Gasteiger partial charge in [0.2, 0.25) is 0 Å². The molecule has 1 saturated carbocycles. The molecule has 2 rings (SSSR count). The van der Waals surface area contributed by atoms with E-state index in [1.165, 1.54) is 5.56 Å². The molecule has 142 valence electrons. The second-order valence-corrected chi connectivity index (χ2v) is 7.99. The maximum absolute atomic E-state index is 12.9. The molecule has 2 nitrogen and oxygen atoms in total. The minimum Gasteiger partial charge on any atom is -0.300 e. The van der Waals surface area contributed by atoms with Crippen LogP contribution >= 0.6 is 0 Å². The van der Waals surface area contributed by atoms with E-state index < -0.39 is 0 Å². The monoisotopic (exact) mass is 354 g/mol. The summed E-state index contributed by atoms with van der Waals surface area (Å²) < 4.78 is 0. The van der Waals surface area contributed by atoms with Gasteiger partial charge in [-0.2, -0.15) is 0 Å². The summed E-state index contributed by atoms with van der Waals surface area (Å²) >= 11 is 0. The summed E-state index contributed by atoms with van der Waals surface area (Å²) in [7, 11) is 0. The molecule has 0 spiro atoms. The van der Waals surface area contributed by atoms with Gasteiger partial charge >= 0.3 is 0 Å². The third kappa shape index (κ3) is 5.93. The lowest BCUT2D eigenvalue weighted by atomic mass is 9.70. The van der Waals surface area contributed by atoms with E-state index in [9.17, 15) is 9.59 Å². The third-order valence-electron chi connectivity index (χ3n) is 6.07. The second kappa shape index (κ2) is 10.4. The molecule has 0 N–H and O–H groups in total. The van der Waals surface area contributed by atoms with E-state index >= 15 is 0 Å². The van der Waals surface area contributed by atoms with E-state index in [-0.39, 0.29) is 11.8 Å². The Morgan fingerprint density at radius 3 is 2.58 bits per heavy atom. The van der Waals surface area contributed by atoms with Gasteiger partial charge in [-0.25, -0.2) is 0 Å². The van der Waals surface area contributed by atoms with Gasteiger partial charge in [0.05, 0.1) is 0 Å². The van der Waals surface area contributed by atoms with Gasteiger partial charge in [-0.15, -0.1) is 6.58 Å². The minimum absolute atomic E-state index is 0.170. The maximum Gasteiger partial charge on any atom is 0.136 e. The van der Waals surface area contributed by atoms with Gasteiger partial charge in [0.1, 0.15) is 11.6 Å². The zero-order chi connectivity index (χ0) is 18.9. The van der Waals surface area contributed by atoms with Crippen LogP contribution in [0, 0.1) is 17.8 Å². The van der Waals surface area contributed by atoms with Crippen molar-refractivity contribution < 1.29 is 9.59 Å². The Kier molecular flexibility index (Phi) is 8.28. The topological polar surface area (TPSA) is 34.1 Å². The summed E-state index contributed by atoms with van der Waals surface area (Å²) in [4.78, 5) is 24.9. The summed E-state index contributed by atoms with van der Waals surface area (Å²) in [5, 5.41) is 0. The van der Waals surface area contributed by atoms with Crippen molar-refractivity contribution in [2.24, 2.45) is 17.8 Å². The summed E-state index contributed by atoms with van der Waals surface area (Å²) in [6.45, 7) is 7.96. The number of rotatable bonds is 10. The standard InChI is InChI=1S/C24H34O2/c1-4-10-20(17-23(25)5-2)21-13-9-14-22(16-21)24(26)15-18(3)19-11-7-6-8-12-19/h4,6-8,11-12,18,20-22H,1,5,9-10,13-17H2,2-3H3. The van der Waals surface area contributed by atoms with E-state index in [4.69, 9.17) is 0 Å². The van der Waals surface area contributed by atoms with Crippen LogP contribution in [0.1, 0.15) is 76.7 Å².